The molecule has 1 heteroatoms. The maximum absolute atomic E-state index is 5.59. The van der Waals surface area contributed by atoms with Crippen molar-refractivity contribution in [1.82, 2.24) is 0 Å². The lowest BCUT2D eigenvalue weighted by atomic mass is 9.88. The molecule has 0 aliphatic rings. The molecule has 0 aromatic heterocycles. The van der Waals surface area contributed by atoms with E-state index in [2.05, 4.69) is 32.9 Å². The van der Waals surface area contributed by atoms with Gasteiger partial charge in [-0.1, -0.05) is 32.9 Å². The molecule has 2 N–H and O–H groups in total. The van der Waals surface area contributed by atoms with Gasteiger partial charge in [0.1, 0.15) is 0 Å². The molecule has 1 aromatic carbocycles. The van der Waals surface area contributed by atoms with E-state index in [9.17, 15) is 0 Å². The molecule has 0 aliphatic carbocycles. The molecule has 0 fully saturated rings. The standard InChI is InChI=1S/C11H17N.H2/c1-11(2,3)8-9-4-6-10(12)7-5-9;/h4-7H,8,12H2,1-3H3;1H. The van der Waals surface area contributed by atoms with Crippen molar-refractivity contribution in [3.05, 3.63) is 29.8 Å². The third kappa shape index (κ3) is 2.95. The molecule has 0 unspecified atom stereocenters. The van der Waals surface area contributed by atoms with Gasteiger partial charge in [-0.15, -0.1) is 0 Å². The van der Waals surface area contributed by atoms with Gasteiger partial charge in [-0.25, -0.2) is 0 Å². The number of nitrogen functional groups attached to an aromatic ring is 1. The second-order valence-electron chi connectivity index (χ2n) is 4.48. The van der Waals surface area contributed by atoms with Crippen LogP contribution in [0, 0.1) is 5.41 Å². The Balaban J connectivity index is 0.00000144. The Morgan fingerprint density at radius 3 is 2.08 bits per heavy atom. The summed E-state index contributed by atoms with van der Waals surface area (Å²) in [6.07, 6.45) is 1.10. The van der Waals surface area contributed by atoms with Crippen molar-refractivity contribution >= 4 is 5.69 Å². The minimum absolute atomic E-state index is 0. The average molecular weight is 165 g/mol. The molecule has 0 bridgehead atoms. The van der Waals surface area contributed by atoms with E-state index in [1.165, 1.54) is 5.56 Å². The first-order valence-electron chi connectivity index (χ1n) is 4.32. The highest BCUT2D eigenvalue weighted by atomic mass is 14.5. The summed E-state index contributed by atoms with van der Waals surface area (Å²) in [6.45, 7) is 6.72. The van der Waals surface area contributed by atoms with E-state index in [1.807, 2.05) is 12.1 Å². The van der Waals surface area contributed by atoms with E-state index < -0.39 is 0 Å². The number of rotatable bonds is 1. The van der Waals surface area contributed by atoms with Crippen molar-refractivity contribution in [2.24, 2.45) is 5.41 Å². The molecule has 0 saturated heterocycles. The lowest BCUT2D eigenvalue weighted by Crippen LogP contribution is -2.08. The van der Waals surface area contributed by atoms with Gasteiger partial charge >= 0.3 is 0 Å². The molecule has 1 nitrogen and oxygen atoms in total. The van der Waals surface area contributed by atoms with Crippen LogP contribution in [0.4, 0.5) is 5.69 Å². The van der Waals surface area contributed by atoms with Gasteiger partial charge in [-0.2, -0.15) is 0 Å². The summed E-state index contributed by atoms with van der Waals surface area (Å²) in [4.78, 5) is 0. The van der Waals surface area contributed by atoms with Gasteiger partial charge in [0.25, 0.3) is 0 Å². The first-order valence-corrected chi connectivity index (χ1v) is 4.32. The van der Waals surface area contributed by atoms with Crippen molar-refractivity contribution < 1.29 is 1.43 Å². The van der Waals surface area contributed by atoms with Gasteiger partial charge in [-0.3, -0.25) is 0 Å². The lowest BCUT2D eigenvalue weighted by molar-refractivity contribution is 0.411. The van der Waals surface area contributed by atoms with Crippen LogP contribution in [-0.2, 0) is 6.42 Å². The number of hydrogen-bond donors (Lipinski definition) is 1. The molecule has 0 saturated carbocycles. The average Bonchev–Trinajstić information content (AvgIpc) is 1.91. The molecular weight excluding hydrogens is 146 g/mol. The fourth-order valence-electron chi connectivity index (χ4n) is 1.25. The fraction of sp³-hybridized carbons (Fsp3) is 0.455. The molecule has 1 aromatic rings. The highest BCUT2D eigenvalue weighted by molar-refractivity contribution is 5.39. The third-order valence-corrected chi connectivity index (χ3v) is 1.71. The molecule has 68 valence electrons. The van der Waals surface area contributed by atoms with Crippen LogP contribution < -0.4 is 5.73 Å². The van der Waals surface area contributed by atoms with E-state index >= 15 is 0 Å². The summed E-state index contributed by atoms with van der Waals surface area (Å²) in [5, 5.41) is 0. The predicted molar refractivity (Wildman–Crippen MR) is 56.1 cm³/mol. The molecule has 1 rings (SSSR count). The van der Waals surface area contributed by atoms with Crippen molar-refractivity contribution in [1.29, 1.82) is 0 Å². The summed E-state index contributed by atoms with van der Waals surface area (Å²) >= 11 is 0. The Morgan fingerprint density at radius 1 is 1.17 bits per heavy atom. The zero-order valence-corrected chi connectivity index (χ0v) is 8.09. The molecule has 0 spiro atoms. The van der Waals surface area contributed by atoms with Gasteiger partial charge in [0.05, 0.1) is 0 Å². The number of hydrogen-bond acceptors (Lipinski definition) is 1. The zero-order chi connectivity index (χ0) is 9.19. The third-order valence-electron chi connectivity index (χ3n) is 1.71. The van der Waals surface area contributed by atoms with Crippen LogP contribution in [0.2, 0.25) is 0 Å². The van der Waals surface area contributed by atoms with Crippen molar-refractivity contribution in [3.8, 4) is 0 Å². The van der Waals surface area contributed by atoms with E-state index in [0.717, 1.165) is 12.1 Å². The van der Waals surface area contributed by atoms with Crippen LogP contribution in [0.1, 0.15) is 27.8 Å². The van der Waals surface area contributed by atoms with Gasteiger partial charge in [0.2, 0.25) is 0 Å². The largest absolute Gasteiger partial charge is 0.399 e. The summed E-state index contributed by atoms with van der Waals surface area (Å²) in [7, 11) is 0. The Labute approximate surface area is 76.1 Å². The second kappa shape index (κ2) is 3.18. The Hall–Kier alpha value is -0.980. The van der Waals surface area contributed by atoms with Gasteiger partial charge in [-0.05, 0) is 29.5 Å². The van der Waals surface area contributed by atoms with Gasteiger partial charge in [0, 0.05) is 7.11 Å². The normalized spacial score (nSPS) is 11.6. The van der Waals surface area contributed by atoms with E-state index in [1.54, 1.807) is 0 Å². The van der Waals surface area contributed by atoms with Crippen LogP contribution in [-0.4, -0.2) is 0 Å². The van der Waals surface area contributed by atoms with Gasteiger partial charge in [0.15, 0.2) is 0 Å². The highest BCUT2D eigenvalue weighted by Crippen LogP contribution is 2.20. The highest BCUT2D eigenvalue weighted by Gasteiger charge is 2.10. The Bertz CT molecular complexity index is 246. The van der Waals surface area contributed by atoms with Crippen LogP contribution in [0.5, 0.6) is 0 Å². The minimum atomic E-state index is 0. The van der Waals surface area contributed by atoms with Crippen LogP contribution in [0.15, 0.2) is 24.3 Å². The Morgan fingerprint density at radius 2 is 1.67 bits per heavy atom. The van der Waals surface area contributed by atoms with Crippen molar-refractivity contribution in [2.45, 2.75) is 27.2 Å². The van der Waals surface area contributed by atoms with Crippen molar-refractivity contribution in [3.63, 3.8) is 0 Å². The predicted octanol–water partition coefficient (Wildman–Crippen LogP) is 3.10. The summed E-state index contributed by atoms with van der Waals surface area (Å²) in [5.41, 5.74) is 8.15. The van der Waals surface area contributed by atoms with Crippen molar-refractivity contribution in [2.75, 3.05) is 5.73 Å². The van der Waals surface area contributed by atoms with Crippen LogP contribution in [0.25, 0.3) is 0 Å². The summed E-state index contributed by atoms with van der Waals surface area (Å²) in [5.74, 6) is 0. The number of anilines is 1. The molecule has 0 radical (unpaired) electrons. The second-order valence-corrected chi connectivity index (χ2v) is 4.48. The fourth-order valence-corrected chi connectivity index (χ4v) is 1.25. The molecule has 12 heavy (non-hydrogen) atoms. The topological polar surface area (TPSA) is 26.0 Å². The minimum Gasteiger partial charge on any atom is -0.399 e. The van der Waals surface area contributed by atoms with Crippen LogP contribution >= 0.6 is 0 Å². The Kier molecular flexibility index (Phi) is 2.41. The first kappa shape index (κ1) is 9.11. The maximum Gasteiger partial charge on any atom is 0.0314 e. The monoisotopic (exact) mass is 165 g/mol. The summed E-state index contributed by atoms with van der Waals surface area (Å²) < 4.78 is 0. The smallest absolute Gasteiger partial charge is 0.0314 e. The van der Waals surface area contributed by atoms with E-state index in [4.69, 9.17) is 5.73 Å². The summed E-state index contributed by atoms with van der Waals surface area (Å²) in [6, 6.07) is 8.11. The van der Waals surface area contributed by atoms with E-state index in [-0.39, 0.29) is 1.43 Å². The van der Waals surface area contributed by atoms with E-state index in [0.29, 0.717) is 5.41 Å². The van der Waals surface area contributed by atoms with Crippen LogP contribution in [0.3, 0.4) is 0 Å². The number of benzene rings is 1. The molecule has 0 atom stereocenters. The molecular formula is C11H19N. The number of nitrogens with two attached hydrogens (primary N) is 1. The quantitative estimate of drug-likeness (QED) is 0.636. The zero-order valence-electron chi connectivity index (χ0n) is 8.09. The molecule has 0 aliphatic heterocycles. The maximum atomic E-state index is 5.59. The lowest BCUT2D eigenvalue weighted by Gasteiger charge is -2.17. The van der Waals surface area contributed by atoms with Gasteiger partial charge < -0.3 is 5.73 Å². The first-order chi connectivity index (χ1) is 5.47. The molecule has 0 amide bonds. The SMILES string of the molecule is CC(C)(C)Cc1ccc(N)cc1.[HH]. The molecule has 0 heterocycles.